The molecule has 4 nitrogen and oxygen atoms in total. The van der Waals surface area contributed by atoms with Gasteiger partial charge in [0.15, 0.2) is 5.69 Å². The number of aromatic carboxylic acids is 1. The summed E-state index contributed by atoms with van der Waals surface area (Å²) in [6.07, 6.45) is 0.822. The van der Waals surface area contributed by atoms with E-state index in [-0.39, 0.29) is 6.54 Å². The Labute approximate surface area is 82.3 Å². The standard InChI is InChI=1S/C8H5F3N2O2/c1-2-3-13-4-5(7(14)15)6(12-13)8(9,10)11/h1,4H,3H2,(H,14,15). The number of alkyl halides is 3. The molecule has 0 spiro atoms. The van der Waals surface area contributed by atoms with E-state index in [1.807, 2.05) is 0 Å². The fraction of sp³-hybridized carbons (Fsp3) is 0.250. The molecule has 1 aromatic heterocycles. The topological polar surface area (TPSA) is 55.1 Å². The summed E-state index contributed by atoms with van der Waals surface area (Å²) in [7, 11) is 0. The molecule has 0 fully saturated rings. The predicted octanol–water partition coefficient (Wildman–Crippen LogP) is 1.23. The van der Waals surface area contributed by atoms with Crippen LogP contribution in [0.5, 0.6) is 0 Å². The highest BCUT2D eigenvalue weighted by atomic mass is 19.4. The predicted molar refractivity (Wildman–Crippen MR) is 43.0 cm³/mol. The van der Waals surface area contributed by atoms with Crippen molar-refractivity contribution in [3.8, 4) is 12.3 Å². The molecule has 1 aromatic rings. The summed E-state index contributed by atoms with van der Waals surface area (Å²) in [5.41, 5.74) is -2.34. The Morgan fingerprint density at radius 1 is 1.67 bits per heavy atom. The van der Waals surface area contributed by atoms with E-state index in [0.717, 1.165) is 10.9 Å². The molecule has 0 aliphatic rings. The Kier molecular flexibility index (Phi) is 2.70. The summed E-state index contributed by atoms with van der Waals surface area (Å²) in [5.74, 6) is 0.366. The molecule has 1 heterocycles. The largest absolute Gasteiger partial charge is 0.478 e. The van der Waals surface area contributed by atoms with Crippen molar-refractivity contribution in [2.75, 3.05) is 0 Å². The number of carboxylic acid groups (broad SMARTS) is 1. The molecule has 1 N–H and O–H groups in total. The van der Waals surface area contributed by atoms with Gasteiger partial charge in [-0.05, 0) is 0 Å². The van der Waals surface area contributed by atoms with Gasteiger partial charge in [0.25, 0.3) is 0 Å². The molecule has 0 bridgehead atoms. The summed E-state index contributed by atoms with van der Waals surface area (Å²) in [6, 6.07) is 0. The highest BCUT2D eigenvalue weighted by Gasteiger charge is 2.39. The van der Waals surface area contributed by atoms with Crippen molar-refractivity contribution in [1.82, 2.24) is 9.78 Å². The van der Waals surface area contributed by atoms with Crippen LogP contribution in [0, 0.1) is 12.3 Å². The third-order valence-electron chi connectivity index (χ3n) is 1.51. The molecule has 0 saturated heterocycles. The lowest BCUT2D eigenvalue weighted by Crippen LogP contribution is -2.12. The number of nitrogens with zero attached hydrogens (tertiary/aromatic N) is 2. The van der Waals surface area contributed by atoms with Gasteiger partial charge in [-0.3, -0.25) is 4.68 Å². The molecule has 0 aliphatic heterocycles. The fourth-order valence-electron chi connectivity index (χ4n) is 0.962. The SMILES string of the molecule is C#CCn1cc(C(=O)O)c(C(F)(F)F)n1. The van der Waals surface area contributed by atoms with E-state index in [0.29, 0.717) is 0 Å². The summed E-state index contributed by atoms with van der Waals surface area (Å²) in [5, 5.41) is 11.6. The fourth-order valence-corrected chi connectivity index (χ4v) is 0.962. The van der Waals surface area contributed by atoms with Gasteiger partial charge in [0.05, 0.1) is 0 Å². The van der Waals surface area contributed by atoms with Gasteiger partial charge in [0.2, 0.25) is 0 Å². The van der Waals surface area contributed by atoms with E-state index in [1.54, 1.807) is 0 Å². The van der Waals surface area contributed by atoms with Crippen LogP contribution in [0.2, 0.25) is 0 Å². The normalized spacial score (nSPS) is 11.1. The van der Waals surface area contributed by atoms with Crippen LogP contribution < -0.4 is 0 Å². The first-order valence-electron chi connectivity index (χ1n) is 3.67. The lowest BCUT2D eigenvalue weighted by molar-refractivity contribution is -0.142. The van der Waals surface area contributed by atoms with Crippen molar-refractivity contribution >= 4 is 5.97 Å². The second-order valence-corrected chi connectivity index (χ2v) is 2.60. The molecule has 0 aromatic carbocycles. The van der Waals surface area contributed by atoms with E-state index in [1.165, 1.54) is 0 Å². The average Bonchev–Trinajstić information content (AvgIpc) is 2.48. The van der Waals surface area contributed by atoms with Crippen LogP contribution in [0.15, 0.2) is 6.20 Å². The number of hydrogen-bond acceptors (Lipinski definition) is 2. The van der Waals surface area contributed by atoms with Crippen molar-refractivity contribution < 1.29 is 23.1 Å². The van der Waals surface area contributed by atoms with E-state index in [4.69, 9.17) is 11.5 Å². The highest BCUT2D eigenvalue weighted by Crippen LogP contribution is 2.30. The van der Waals surface area contributed by atoms with Gasteiger partial charge in [0, 0.05) is 6.20 Å². The van der Waals surface area contributed by atoms with Crippen molar-refractivity contribution in [2.24, 2.45) is 0 Å². The zero-order valence-corrected chi connectivity index (χ0v) is 7.25. The van der Waals surface area contributed by atoms with E-state index >= 15 is 0 Å². The van der Waals surface area contributed by atoms with Crippen LogP contribution in [0.1, 0.15) is 16.1 Å². The molecule has 0 atom stereocenters. The first kappa shape index (κ1) is 11.1. The molecule has 0 amide bonds. The minimum atomic E-state index is -4.80. The first-order valence-corrected chi connectivity index (χ1v) is 3.67. The molecule has 0 aliphatic carbocycles. The van der Waals surface area contributed by atoms with E-state index in [2.05, 4.69) is 11.0 Å². The molecule has 1 rings (SSSR count). The van der Waals surface area contributed by atoms with Crippen LogP contribution in [0.4, 0.5) is 13.2 Å². The monoisotopic (exact) mass is 218 g/mol. The minimum absolute atomic E-state index is 0.212. The van der Waals surface area contributed by atoms with Gasteiger partial charge in [-0.15, -0.1) is 6.42 Å². The van der Waals surface area contributed by atoms with Gasteiger partial charge in [-0.1, -0.05) is 5.92 Å². The van der Waals surface area contributed by atoms with Crippen LogP contribution >= 0.6 is 0 Å². The van der Waals surface area contributed by atoms with Crippen LogP contribution in [-0.4, -0.2) is 20.9 Å². The third kappa shape index (κ3) is 2.28. The number of halogens is 3. The number of rotatable bonds is 2. The Balaban J connectivity index is 3.25. The zero-order valence-electron chi connectivity index (χ0n) is 7.25. The molecule has 15 heavy (non-hydrogen) atoms. The molecule has 0 radical (unpaired) electrons. The number of hydrogen-bond donors (Lipinski definition) is 1. The number of carboxylic acids is 1. The Morgan fingerprint density at radius 3 is 2.60 bits per heavy atom. The summed E-state index contributed by atoms with van der Waals surface area (Å²) in [4.78, 5) is 10.5. The van der Waals surface area contributed by atoms with Gasteiger partial charge in [-0.2, -0.15) is 18.3 Å². The smallest absolute Gasteiger partial charge is 0.436 e. The lowest BCUT2D eigenvalue weighted by atomic mass is 10.2. The lowest BCUT2D eigenvalue weighted by Gasteiger charge is -2.02. The van der Waals surface area contributed by atoms with Crippen molar-refractivity contribution in [3.05, 3.63) is 17.5 Å². The maximum absolute atomic E-state index is 12.3. The molecular weight excluding hydrogens is 213 g/mol. The Bertz CT molecular complexity index is 428. The van der Waals surface area contributed by atoms with Crippen molar-refractivity contribution in [1.29, 1.82) is 0 Å². The Morgan fingerprint density at radius 2 is 2.27 bits per heavy atom. The van der Waals surface area contributed by atoms with E-state index < -0.39 is 23.4 Å². The summed E-state index contributed by atoms with van der Waals surface area (Å²) < 4.78 is 37.6. The zero-order chi connectivity index (χ0) is 11.6. The van der Waals surface area contributed by atoms with Crippen molar-refractivity contribution in [2.45, 2.75) is 12.7 Å². The molecule has 7 heteroatoms. The Hall–Kier alpha value is -1.97. The van der Waals surface area contributed by atoms with Gasteiger partial charge in [0.1, 0.15) is 12.1 Å². The highest BCUT2D eigenvalue weighted by molar-refractivity contribution is 5.88. The molecule has 80 valence electrons. The maximum atomic E-state index is 12.3. The quantitative estimate of drug-likeness (QED) is 0.759. The second kappa shape index (κ2) is 3.65. The molecule has 0 saturated carbocycles. The maximum Gasteiger partial charge on any atom is 0.436 e. The average molecular weight is 218 g/mol. The van der Waals surface area contributed by atoms with Crippen molar-refractivity contribution in [3.63, 3.8) is 0 Å². The molecule has 0 unspecified atom stereocenters. The molecular formula is C8H5F3N2O2. The second-order valence-electron chi connectivity index (χ2n) is 2.60. The van der Waals surface area contributed by atoms with E-state index in [9.17, 15) is 18.0 Å². The van der Waals surface area contributed by atoms with Gasteiger partial charge >= 0.3 is 12.1 Å². The van der Waals surface area contributed by atoms with Gasteiger partial charge in [-0.25, -0.2) is 4.79 Å². The van der Waals surface area contributed by atoms with Crippen LogP contribution in [0.3, 0.4) is 0 Å². The number of carbonyl (C=O) groups is 1. The minimum Gasteiger partial charge on any atom is -0.478 e. The summed E-state index contributed by atoms with van der Waals surface area (Å²) in [6.45, 7) is -0.212. The number of terminal acetylenes is 1. The third-order valence-corrected chi connectivity index (χ3v) is 1.51. The van der Waals surface area contributed by atoms with Crippen LogP contribution in [0.25, 0.3) is 0 Å². The van der Waals surface area contributed by atoms with Gasteiger partial charge < -0.3 is 5.11 Å². The van der Waals surface area contributed by atoms with Crippen LogP contribution in [-0.2, 0) is 12.7 Å². The first-order chi connectivity index (χ1) is 6.86. The number of aromatic nitrogens is 2. The summed E-state index contributed by atoms with van der Waals surface area (Å²) >= 11 is 0.